The van der Waals surface area contributed by atoms with Gasteiger partial charge in [0, 0.05) is 38.7 Å². The number of nitrogens with one attached hydrogen (secondary N) is 1. The minimum atomic E-state index is -0.243. The molecule has 1 aliphatic rings. The Morgan fingerprint density at radius 1 is 1.10 bits per heavy atom. The normalized spacial score (nSPS) is 14.5. The zero-order chi connectivity index (χ0) is 22.3. The third-order valence-corrected chi connectivity index (χ3v) is 5.58. The second-order valence-electron chi connectivity index (χ2n) is 8.37. The van der Waals surface area contributed by atoms with Crippen LogP contribution >= 0.6 is 0 Å². The molecule has 0 bridgehead atoms. The SMILES string of the molecule is CCCCCCCCCC(=O)N(CCCN1CCOCC1)CC(=O)Nc1cc(C)on1. The van der Waals surface area contributed by atoms with E-state index < -0.39 is 0 Å². The molecule has 0 aromatic carbocycles. The van der Waals surface area contributed by atoms with Gasteiger partial charge in [-0.2, -0.15) is 0 Å². The topological polar surface area (TPSA) is 87.9 Å². The standard InChI is InChI=1S/C23H40N4O4/c1-3-4-5-6-7-8-9-11-23(29)27(13-10-12-26-14-16-30-17-15-26)19-22(28)24-21-18-20(2)31-25-21/h18H,3-17,19H2,1-2H3,(H,24,25,28). The number of nitrogens with zero attached hydrogens (tertiary/aromatic N) is 3. The molecule has 1 aromatic heterocycles. The molecule has 1 saturated heterocycles. The molecule has 0 spiro atoms. The van der Waals surface area contributed by atoms with Crippen LogP contribution in [0.25, 0.3) is 0 Å². The number of aryl methyl sites for hydroxylation is 1. The van der Waals surface area contributed by atoms with Crippen molar-refractivity contribution < 1.29 is 18.8 Å². The number of morpholine rings is 1. The summed E-state index contributed by atoms with van der Waals surface area (Å²) < 4.78 is 10.4. The summed E-state index contributed by atoms with van der Waals surface area (Å²) in [6.45, 7) is 8.91. The Labute approximate surface area is 186 Å². The van der Waals surface area contributed by atoms with Crippen molar-refractivity contribution in [1.82, 2.24) is 15.0 Å². The first-order valence-electron chi connectivity index (χ1n) is 11.9. The molecule has 31 heavy (non-hydrogen) atoms. The molecule has 0 aliphatic carbocycles. The molecule has 8 nitrogen and oxygen atoms in total. The summed E-state index contributed by atoms with van der Waals surface area (Å²) in [5, 5.41) is 6.51. The number of hydrogen-bond donors (Lipinski definition) is 1. The first-order chi connectivity index (χ1) is 15.1. The van der Waals surface area contributed by atoms with Gasteiger partial charge in [-0.1, -0.05) is 50.6 Å². The monoisotopic (exact) mass is 436 g/mol. The second-order valence-corrected chi connectivity index (χ2v) is 8.37. The van der Waals surface area contributed by atoms with Gasteiger partial charge in [-0.15, -0.1) is 0 Å². The molecule has 0 unspecified atom stereocenters. The van der Waals surface area contributed by atoms with Gasteiger partial charge in [0.15, 0.2) is 5.82 Å². The Hall–Kier alpha value is -1.93. The maximum Gasteiger partial charge on any atom is 0.245 e. The maximum absolute atomic E-state index is 12.8. The van der Waals surface area contributed by atoms with E-state index in [1.165, 1.54) is 32.1 Å². The highest BCUT2D eigenvalue weighted by molar-refractivity contribution is 5.93. The number of rotatable bonds is 15. The summed E-state index contributed by atoms with van der Waals surface area (Å²) in [6, 6.07) is 1.67. The van der Waals surface area contributed by atoms with Crippen LogP contribution in [0.15, 0.2) is 10.6 Å². The predicted molar refractivity (Wildman–Crippen MR) is 121 cm³/mol. The van der Waals surface area contributed by atoms with E-state index in [4.69, 9.17) is 9.26 Å². The molecule has 8 heteroatoms. The van der Waals surface area contributed by atoms with Crippen LogP contribution in [0.5, 0.6) is 0 Å². The van der Waals surface area contributed by atoms with E-state index in [9.17, 15) is 9.59 Å². The Kier molecular flexibility index (Phi) is 12.2. The number of hydrogen-bond acceptors (Lipinski definition) is 6. The van der Waals surface area contributed by atoms with Crippen LogP contribution in [0, 0.1) is 6.92 Å². The van der Waals surface area contributed by atoms with Crippen LogP contribution in [0.4, 0.5) is 5.82 Å². The first kappa shape index (κ1) is 25.3. The number of carbonyl (C=O) groups is 2. The number of anilines is 1. The summed E-state index contributed by atoms with van der Waals surface area (Å²) in [7, 11) is 0. The molecule has 2 rings (SSSR count). The first-order valence-corrected chi connectivity index (χ1v) is 11.9. The van der Waals surface area contributed by atoms with Crippen molar-refractivity contribution in [2.24, 2.45) is 0 Å². The van der Waals surface area contributed by atoms with Gasteiger partial charge in [-0.25, -0.2) is 0 Å². The van der Waals surface area contributed by atoms with E-state index in [1.807, 2.05) is 0 Å². The summed E-state index contributed by atoms with van der Waals surface area (Å²) in [4.78, 5) is 29.3. The smallest absolute Gasteiger partial charge is 0.245 e. The molecular weight excluding hydrogens is 396 g/mol. The summed E-state index contributed by atoms with van der Waals surface area (Å²) in [5.41, 5.74) is 0. The van der Waals surface area contributed by atoms with Crippen LogP contribution in [0.3, 0.4) is 0 Å². The van der Waals surface area contributed by atoms with Crippen molar-refractivity contribution >= 4 is 17.6 Å². The summed E-state index contributed by atoms with van der Waals surface area (Å²) in [5.74, 6) is 0.831. The van der Waals surface area contributed by atoms with Gasteiger partial charge in [0.25, 0.3) is 0 Å². The molecule has 0 saturated carbocycles. The van der Waals surface area contributed by atoms with Gasteiger partial charge in [0.05, 0.1) is 19.8 Å². The van der Waals surface area contributed by atoms with E-state index in [1.54, 1.807) is 17.9 Å². The lowest BCUT2D eigenvalue weighted by atomic mass is 10.1. The third kappa shape index (κ3) is 10.8. The molecular formula is C23H40N4O4. The van der Waals surface area contributed by atoms with Gasteiger partial charge in [0.2, 0.25) is 11.8 Å². The fourth-order valence-electron chi connectivity index (χ4n) is 3.77. The number of carbonyl (C=O) groups excluding carboxylic acids is 2. The van der Waals surface area contributed by atoms with Crippen molar-refractivity contribution in [3.8, 4) is 0 Å². The zero-order valence-corrected chi connectivity index (χ0v) is 19.4. The van der Waals surface area contributed by atoms with E-state index in [0.29, 0.717) is 24.5 Å². The Morgan fingerprint density at radius 3 is 2.48 bits per heavy atom. The third-order valence-electron chi connectivity index (χ3n) is 5.58. The van der Waals surface area contributed by atoms with Crippen molar-refractivity contribution in [3.05, 3.63) is 11.8 Å². The Morgan fingerprint density at radius 2 is 1.81 bits per heavy atom. The van der Waals surface area contributed by atoms with Gasteiger partial charge in [-0.3, -0.25) is 14.5 Å². The highest BCUT2D eigenvalue weighted by Crippen LogP contribution is 2.11. The molecule has 0 radical (unpaired) electrons. The number of amides is 2. The van der Waals surface area contributed by atoms with Crippen molar-refractivity contribution in [1.29, 1.82) is 0 Å². The molecule has 2 heterocycles. The number of aromatic nitrogens is 1. The minimum absolute atomic E-state index is 0.0460. The summed E-state index contributed by atoms with van der Waals surface area (Å²) >= 11 is 0. The van der Waals surface area contributed by atoms with Crippen LogP contribution in [0.2, 0.25) is 0 Å². The average molecular weight is 437 g/mol. The lowest BCUT2D eigenvalue weighted by Crippen LogP contribution is -2.41. The van der Waals surface area contributed by atoms with Gasteiger partial charge in [0.1, 0.15) is 5.76 Å². The lowest BCUT2D eigenvalue weighted by molar-refractivity contribution is -0.135. The van der Waals surface area contributed by atoms with Gasteiger partial charge < -0.3 is 19.5 Å². The molecule has 2 amide bonds. The molecule has 1 aliphatic heterocycles. The van der Waals surface area contributed by atoms with Crippen LogP contribution in [0.1, 0.15) is 70.5 Å². The summed E-state index contributed by atoms with van der Waals surface area (Å²) in [6.07, 6.45) is 9.53. The second kappa shape index (κ2) is 15.0. The Bertz CT molecular complexity index is 643. The maximum atomic E-state index is 12.8. The van der Waals surface area contributed by atoms with Crippen molar-refractivity contribution in [2.45, 2.75) is 71.6 Å². The highest BCUT2D eigenvalue weighted by atomic mass is 16.5. The van der Waals surface area contributed by atoms with E-state index in [-0.39, 0.29) is 18.4 Å². The highest BCUT2D eigenvalue weighted by Gasteiger charge is 2.18. The van der Waals surface area contributed by atoms with Crippen LogP contribution in [-0.4, -0.2) is 72.7 Å². The molecule has 176 valence electrons. The minimum Gasteiger partial charge on any atom is -0.379 e. The van der Waals surface area contributed by atoms with Crippen LogP contribution in [-0.2, 0) is 14.3 Å². The van der Waals surface area contributed by atoms with Crippen molar-refractivity contribution in [3.63, 3.8) is 0 Å². The van der Waals surface area contributed by atoms with Crippen molar-refractivity contribution in [2.75, 3.05) is 51.3 Å². The molecule has 1 N–H and O–H groups in total. The quantitative estimate of drug-likeness (QED) is 0.423. The molecule has 0 atom stereocenters. The van der Waals surface area contributed by atoms with Crippen LogP contribution < -0.4 is 5.32 Å². The fraction of sp³-hybridized carbons (Fsp3) is 0.783. The lowest BCUT2D eigenvalue weighted by Gasteiger charge is -2.28. The van der Waals surface area contributed by atoms with Gasteiger partial charge >= 0.3 is 0 Å². The molecule has 1 fully saturated rings. The average Bonchev–Trinajstić information content (AvgIpc) is 3.17. The molecule has 1 aromatic rings. The van der Waals surface area contributed by atoms with E-state index in [2.05, 4.69) is 22.3 Å². The zero-order valence-electron chi connectivity index (χ0n) is 19.4. The fourth-order valence-corrected chi connectivity index (χ4v) is 3.77. The predicted octanol–water partition coefficient (Wildman–Crippen LogP) is 3.61. The Balaban J connectivity index is 1.77. The number of unbranched alkanes of at least 4 members (excludes halogenated alkanes) is 6. The van der Waals surface area contributed by atoms with E-state index >= 15 is 0 Å². The van der Waals surface area contributed by atoms with Gasteiger partial charge in [-0.05, 0) is 19.8 Å². The van der Waals surface area contributed by atoms with E-state index in [0.717, 1.165) is 52.1 Å². The number of ether oxygens (including phenoxy) is 1. The largest absolute Gasteiger partial charge is 0.379 e.